The summed E-state index contributed by atoms with van der Waals surface area (Å²) in [5, 5.41) is 11.6. The van der Waals surface area contributed by atoms with Gasteiger partial charge in [0.05, 0.1) is 19.4 Å². The van der Waals surface area contributed by atoms with Crippen LogP contribution in [-0.4, -0.2) is 34.3 Å². The van der Waals surface area contributed by atoms with E-state index >= 15 is 0 Å². The van der Waals surface area contributed by atoms with E-state index < -0.39 is 0 Å². The van der Waals surface area contributed by atoms with Gasteiger partial charge in [-0.2, -0.15) is 5.10 Å². The minimum absolute atomic E-state index is 0.595. The number of benzene rings is 1. The van der Waals surface area contributed by atoms with Gasteiger partial charge in [-0.3, -0.25) is 0 Å². The van der Waals surface area contributed by atoms with E-state index in [-0.39, 0.29) is 0 Å². The number of ether oxygens (including phenoxy) is 2. The molecule has 0 N–H and O–H groups in total. The fourth-order valence-corrected chi connectivity index (χ4v) is 1.91. The number of aromatic nitrogens is 3. The van der Waals surface area contributed by atoms with E-state index in [0.29, 0.717) is 13.2 Å². The van der Waals surface area contributed by atoms with Gasteiger partial charge >= 0.3 is 0 Å². The molecule has 0 fully saturated rings. The van der Waals surface area contributed by atoms with Crippen LogP contribution in [0.4, 0.5) is 0 Å². The molecule has 0 saturated carbocycles. The van der Waals surface area contributed by atoms with Crippen LogP contribution in [0.2, 0.25) is 0 Å². The quantitative estimate of drug-likeness (QED) is 0.527. The van der Waals surface area contributed by atoms with Gasteiger partial charge in [0.25, 0.3) is 0 Å². The fraction of sp³-hybridized carbons (Fsp3) is 0.438. The summed E-state index contributed by atoms with van der Waals surface area (Å²) in [6.45, 7) is 5.44. The van der Waals surface area contributed by atoms with Gasteiger partial charge in [0.2, 0.25) is 0 Å². The van der Waals surface area contributed by atoms with E-state index in [1.54, 1.807) is 6.21 Å². The Kier molecular flexibility index (Phi) is 6.41. The predicted molar refractivity (Wildman–Crippen MR) is 85.6 cm³/mol. The maximum Gasteiger partial charge on any atom is 0.161 e. The molecule has 0 amide bonds. The summed E-state index contributed by atoms with van der Waals surface area (Å²) >= 11 is 0. The van der Waals surface area contributed by atoms with Crippen molar-refractivity contribution < 1.29 is 9.47 Å². The van der Waals surface area contributed by atoms with Crippen LogP contribution in [-0.2, 0) is 0 Å². The average molecular weight is 302 g/mol. The lowest BCUT2D eigenvalue weighted by Gasteiger charge is -2.12. The summed E-state index contributed by atoms with van der Waals surface area (Å²) < 4.78 is 13.0. The lowest BCUT2D eigenvalue weighted by Crippen LogP contribution is -2.01. The minimum atomic E-state index is 0.595. The summed E-state index contributed by atoms with van der Waals surface area (Å²) in [6.07, 6.45) is 8.20. The van der Waals surface area contributed by atoms with E-state index in [0.717, 1.165) is 23.5 Å². The number of hydrogen-bond acceptors (Lipinski definition) is 5. The molecule has 0 saturated heterocycles. The minimum Gasteiger partial charge on any atom is -0.490 e. The molecular formula is C16H22N4O2. The van der Waals surface area contributed by atoms with Crippen LogP contribution in [0.1, 0.15) is 38.7 Å². The first kappa shape index (κ1) is 16.0. The highest BCUT2D eigenvalue weighted by molar-refractivity contribution is 5.80. The number of nitrogens with zero attached hydrogens (tertiary/aromatic N) is 4. The highest BCUT2D eigenvalue weighted by Gasteiger charge is 2.05. The Labute approximate surface area is 130 Å². The van der Waals surface area contributed by atoms with Crippen molar-refractivity contribution in [3.05, 3.63) is 36.4 Å². The van der Waals surface area contributed by atoms with Crippen molar-refractivity contribution in [2.45, 2.75) is 33.1 Å². The molecular weight excluding hydrogens is 280 g/mol. The summed E-state index contributed by atoms with van der Waals surface area (Å²) in [5.41, 5.74) is 0.929. The van der Waals surface area contributed by atoms with Crippen LogP contribution in [0.25, 0.3) is 0 Å². The first-order valence-corrected chi connectivity index (χ1v) is 7.62. The van der Waals surface area contributed by atoms with Crippen LogP contribution < -0.4 is 9.47 Å². The number of hydrogen-bond donors (Lipinski definition) is 0. The third-order valence-electron chi connectivity index (χ3n) is 3.02. The molecule has 1 heterocycles. The molecule has 6 heteroatoms. The Hall–Kier alpha value is -2.37. The standard InChI is InChI=1S/C16H22N4O2/c1-3-5-6-9-22-15-8-7-14(10-16(15)21-4-2)11-19-20-12-17-18-13-20/h7-8,10-13H,3-6,9H2,1-2H3/b19-11+. The van der Waals surface area contributed by atoms with Gasteiger partial charge in [-0.15, -0.1) is 10.2 Å². The highest BCUT2D eigenvalue weighted by atomic mass is 16.5. The topological polar surface area (TPSA) is 61.5 Å². The number of unbranched alkanes of at least 4 members (excludes halogenated alkanes) is 2. The monoisotopic (exact) mass is 302 g/mol. The maximum absolute atomic E-state index is 5.80. The smallest absolute Gasteiger partial charge is 0.161 e. The maximum atomic E-state index is 5.80. The molecule has 1 aromatic carbocycles. The van der Waals surface area contributed by atoms with E-state index in [9.17, 15) is 0 Å². The molecule has 1 aromatic heterocycles. The molecule has 0 bridgehead atoms. The first-order valence-electron chi connectivity index (χ1n) is 7.62. The molecule has 0 aliphatic rings. The Balaban J connectivity index is 2.05. The van der Waals surface area contributed by atoms with Crippen molar-refractivity contribution in [3.8, 4) is 11.5 Å². The van der Waals surface area contributed by atoms with Crippen molar-refractivity contribution >= 4 is 6.21 Å². The summed E-state index contributed by atoms with van der Waals surface area (Å²) in [6, 6.07) is 5.79. The lowest BCUT2D eigenvalue weighted by molar-refractivity contribution is 0.271. The molecule has 0 unspecified atom stereocenters. The first-order chi connectivity index (χ1) is 10.8. The van der Waals surface area contributed by atoms with Crippen LogP contribution >= 0.6 is 0 Å². The third kappa shape index (κ3) is 4.87. The molecule has 0 spiro atoms. The second-order valence-corrected chi connectivity index (χ2v) is 4.78. The molecule has 2 rings (SSSR count). The number of rotatable bonds is 9. The zero-order valence-electron chi connectivity index (χ0n) is 13.1. The molecule has 0 radical (unpaired) electrons. The second-order valence-electron chi connectivity index (χ2n) is 4.78. The highest BCUT2D eigenvalue weighted by Crippen LogP contribution is 2.28. The third-order valence-corrected chi connectivity index (χ3v) is 3.02. The van der Waals surface area contributed by atoms with Crippen molar-refractivity contribution in [3.63, 3.8) is 0 Å². The fourth-order valence-electron chi connectivity index (χ4n) is 1.91. The Morgan fingerprint density at radius 1 is 1.09 bits per heavy atom. The van der Waals surface area contributed by atoms with E-state index in [2.05, 4.69) is 22.2 Å². The van der Waals surface area contributed by atoms with Gasteiger partial charge < -0.3 is 9.47 Å². The molecule has 22 heavy (non-hydrogen) atoms. The largest absolute Gasteiger partial charge is 0.490 e. The molecule has 6 nitrogen and oxygen atoms in total. The van der Waals surface area contributed by atoms with Gasteiger partial charge in [-0.1, -0.05) is 19.8 Å². The van der Waals surface area contributed by atoms with Gasteiger partial charge in [0, 0.05) is 0 Å². The normalized spacial score (nSPS) is 11.0. The van der Waals surface area contributed by atoms with Gasteiger partial charge in [0.1, 0.15) is 12.7 Å². The summed E-state index contributed by atoms with van der Waals surface area (Å²) in [7, 11) is 0. The van der Waals surface area contributed by atoms with Crippen LogP contribution in [0.15, 0.2) is 36.0 Å². The Morgan fingerprint density at radius 3 is 2.64 bits per heavy atom. The van der Waals surface area contributed by atoms with E-state index in [4.69, 9.17) is 9.47 Å². The predicted octanol–water partition coefficient (Wildman–Crippen LogP) is 3.13. The van der Waals surface area contributed by atoms with Crippen LogP contribution in [0, 0.1) is 0 Å². The zero-order chi connectivity index (χ0) is 15.6. The lowest BCUT2D eigenvalue weighted by atomic mass is 10.2. The van der Waals surface area contributed by atoms with Gasteiger partial charge in [-0.25, -0.2) is 4.68 Å². The van der Waals surface area contributed by atoms with Crippen molar-refractivity contribution in [2.75, 3.05) is 13.2 Å². The van der Waals surface area contributed by atoms with Crippen molar-refractivity contribution in [2.24, 2.45) is 5.10 Å². The molecule has 118 valence electrons. The molecule has 2 aromatic rings. The Bertz CT molecular complexity index is 582. The molecule has 0 aliphatic heterocycles. The second kappa shape index (κ2) is 8.81. The zero-order valence-corrected chi connectivity index (χ0v) is 13.1. The SMILES string of the molecule is CCCCCOc1ccc(/C=N/n2cnnc2)cc1OCC. The van der Waals surface area contributed by atoms with Gasteiger partial charge in [-0.05, 0) is 37.1 Å². The summed E-state index contributed by atoms with van der Waals surface area (Å²) in [5.74, 6) is 1.52. The van der Waals surface area contributed by atoms with Crippen molar-refractivity contribution in [1.29, 1.82) is 0 Å². The van der Waals surface area contributed by atoms with Crippen LogP contribution in [0.3, 0.4) is 0 Å². The summed E-state index contributed by atoms with van der Waals surface area (Å²) in [4.78, 5) is 0. The van der Waals surface area contributed by atoms with Crippen molar-refractivity contribution in [1.82, 2.24) is 14.9 Å². The molecule has 0 atom stereocenters. The van der Waals surface area contributed by atoms with E-state index in [1.165, 1.54) is 30.2 Å². The molecule has 0 aliphatic carbocycles. The van der Waals surface area contributed by atoms with E-state index in [1.807, 2.05) is 25.1 Å². The average Bonchev–Trinajstić information content (AvgIpc) is 3.05. The van der Waals surface area contributed by atoms with Gasteiger partial charge in [0.15, 0.2) is 11.5 Å². The van der Waals surface area contributed by atoms with Crippen LogP contribution in [0.5, 0.6) is 11.5 Å². The Morgan fingerprint density at radius 2 is 1.91 bits per heavy atom.